The van der Waals surface area contributed by atoms with Gasteiger partial charge in [0.05, 0.1) is 5.52 Å². The maximum atomic E-state index is 12.7. The smallest absolute Gasteiger partial charge is 0.341 e. The minimum absolute atomic E-state index is 0. The average Bonchev–Trinajstić information content (AvgIpc) is 3.22. The summed E-state index contributed by atoms with van der Waals surface area (Å²) in [5.74, 6) is -0.801. The summed E-state index contributed by atoms with van der Waals surface area (Å²) in [7, 11) is 0. The van der Waals surface area contributed by atoms with E-state index < -0.39 is 11.5 Å². The number of rotatable bonds is 3. The van der Waals surface area contributed by atoms with E-state index in [4.69, 9.17) is 0 Å². The van der Waals surface area contributed by atoms with Crippen LogP contribution < -0.4 is 10.9 Å². The second-order valence-corrected chi connectivity index (χ2v) is 8.27. The fourth-order valence-corrected chi connectivity index (χ4v) is 5.17. The molecule has 1 aliphatic heterocycles. The molecule has 0 atom stereocenters. The molecule has 0 unspecified atom stereocenters. The van der Waals surface area contributed by atoms with Gasteiger partial charge in [0.25, 0.3) is 5.56 Å². The summed E-state index contributed by atoms with van der Waals surface area (Å²) in [5.41, 5.74) is 4.82. The molecule has 0 radical (unpaired) electrons. The third-order valence-corrected chi connectivity index (χ3v) is 6.63. The Morgan fingerprint density at radius 3 is 2.74 bits per heavy atom. The Balaban J connectivity index is 0.00000180. The number of carboxylic acid groups (broad SMARTS) is 1. The van der Waals surface area contributed by atoms with Crippen LogP contribution in [0.4, 0.5) is 0 Å². The maximum absolute atomic E-state index is 12.7. The van der Waals surface area contributed by atoms with E-state index in [-0.39, 0.29) is 18.0 Å². The van der Waals surface area contributed by atoms with Crippen molar-refractivity contribution in [1.82, 2.24) is 9.72 Å². The summed E-state index contributed by atoms with van der Waals surface area (Å²) >= 11 is 1.80. The number of fused-ring (bicyclic) bond motifs is 2. The lowest BCUT2D eigenvalue weighted by atomic mass is 9.99. The van der Waals surface area contributed by atoms with Gasteiger partial charge in [0.2, 0.25) is 0 Å². The van der Waals surface area contributed by atoms with Crippen molar-refractivity contribution in [3.05, 3.63) is 61.9 Å². The van der Waals surface area contributed by atoms with Crippen molar-refractivity contribution < 1.29 is 9.90 Å². The number of carboxylic acids is 1. The molecule has 3 aromatic rings. The molecule has 2 aliphatic rings. The van der Waals surface area contributed by atoms with Gasteiger partial charge in [-0.2, -0.15) is 0 Å². The number of nitrogens with one attached hydrogen (secondary N) is 1. The van der Waals surface area contributed by atoms with Crippen molar-refractivity contribution in [2.45, 2.75) is 38.8 Å². The molecule has 0 saturated heterocycles. The Labute approximate surface area is 166 Å². The van der Waals surface area contributed by atoms with Crippen LogP contribution in [0.15, 0.2) is 29.2 Å². The minimum atomic E-state index is -1.16. The van der Waals surface area contributed by atoms with E-state index in [9.17, 15) is 14.7 Å². The Bertz CT molecular complexity index is 1120. The van der Waals surface area contributed by atoms with Crippen LogP contribution in [-0.4, -0.2) is 15.5 Å². The summed E-state index contributed by atoms with van der Waals surface area (Å²) < 4.78 is 1.53. The number of aromatic nitrogens is 1. The van der Waals surface area contributed by atoms with Crippen molar-refractivity contribution >= 4 is 35.2 Å². The second-order valence-electron chi connectivity index (χ2n) is 7.13. The van der Waals surface area contributed by atoms with Crippen molar-refractivity contribution in [1.29, 1.82) is 0 Å². The highest BCUT2D eigenvalue weighted by Gasteiger charge is 2.29. The highest BCUT2D eigenvalue weighted by Crippen LogP contribution is 2.44. The Hall–Kier alpha value is -2.15. The predicted octanol–water partition coefficient (Wildman–Crippen LogP) is 3.94. The van der Waals surface area contributed by atoms with E-state index in [1.165, 1.54) is 19.7 Å². The number of pyridine rings is 2. The first kappa shape index (κ1) is 18.2. The molecule has 0 amide bonds. The summed E-state index contributed by atoms with van der Waals surface area (Å²) in [6.07, 6.45) is 3.84. The van der Waals surface area contributed by atoms with Crippen molar-refractivity contribution in [2.24, 2.45) is 0 Å². The molecule has 140 valence electrons. The third kappa shape index (κ3) is 2.79. The third-order valence-electron chi connectivity index (χ3n) is 5.42. The van der Waals surface area contributed by atoms with Gasteiger partial charge in [-0.1, -0.05) is 0 Å². The van der Waals surface area contributed by atoms with Gasteiger partial charge in [0.15, 0.2) is 0 Å². The molecule has 0 aromatic carbocycles. The highest BCUT2D eigenvalue weighted by atomic mass is 35.5. The van der Waals surface area contributed by atoms with Gasteiger partial charge in [-0.25, -0.2) is 4.79 Å². The van der Waals surface area contributed by atoms with E-state index >= 15 is 0 Å². The molecule has 1 aliphatic carbocycles. The number of halogens is 1. The number of hydrogen-bond acceptors (Lipinski definition) is 4. The zero-order valence-corrected chi connectivity index (χ0v) is 16.4. The summed E-state index contributed by atoms with van der Waals surface area (Å²) in [4.78, 5) is 26.7. The number of aryl methyl sites for hydroxylation is 1. The lowest BCUT2D eigenvalue weighted by Crippen LogP contribution is -2.23. The topological polar surface area (TPSA) is 70.8 Å². The minimum Gasteiger partial charge on any atom is -0.477 e. The molecule has 5 nitrogen and oxygen atoms in total. The molecule has 7 heteroatoms. The lowest BCUT2D eigenvalue weighted by Gasteiger charge is -2.14. The van der Waals surface area contributed by atoms with Crippen LogP contribution in [0.1, 0.15) is 50.7 Å². The quantitative estimate of drug-likeness (QED) is 0.696. The van der Waals surface area contributed by atoms with Crippen LogP contribution in [0.3, 0.4) is 0 Å². The molecule has 5 rings (SSSR count). The number of aromatic carboxylic acids is 1. The second kappa shape index (κ2) is 6.48. The van der Waals surface area contributed by atoms with Crippen LogP contribution in [0.25, 0.3) is 16.0 Å². The zero-order valence-electron chi connectivity index (χ0n) is 14.7. The largest absolute Gasteiger partial charge is 0.477 e. The van der Waals surface area contributed by atoms with Gasteiger partial charge in [-0.15, -0.1) is 23.7 Å². The van der Waals surface area contributed by atoms with Crippen LogP contribution in [0.5, 0.6) is 0 Å². The van der Waals surface area contributed by atoms with Gasteiger partial charge in [0, 0.05) is 29.0 Å². The van der Waals surface area contributed by atoms with E-state index in [0.717, 1.165) is 48.1 Å². The van der Waals surface area contributed by atoms with Crippen molar-refractivity contribution in [2.75, 3.05) is 0 Å². The van der Waals surface area contributed by atoms with E-state index in [0.29, 0.717) is 5.92 Å². The van der Waals surface area contributed by atoms with Gasteiger partial charge in [-0.05, 0) is 66.1 Å². The summed E-state index contributed by atoms with van der Waals surface area (Å²) in [5, 5.41) is 12.8. The van der Waals surface area contributed by atoms with Gasteiger partial charge < -0.3 is 10.4 Å². The van der Waals surface area contributed by atoms with Crippen LogP contribution in [0.2, 0.25) is 0 Å². The summed E-state index contributed by atoms with van der Waals surface area (Å²) in [6, 6.07) is 5.78. The first-order chi connectivity index (χ1) is 12.5. The van der Waals surface area contributed by atoms with Crippen molar-refractivity contribution in [3.8, 4) is 10.4 Å². The Morgan fingerprint density at radius 2 is 2.07 bits per heavy atom. The van der Waals surface area contributed by atoms with E-state index in [1.807, 2.05) is 13.0 Å². The van der Waals surface area contributed by atoms with Crippen LogP contribution in [-0.2, 0) is 13.1 Å². The number of carbonyl (C=O) groups is 1. The molecule has 3 aromatic heterocycles. The van der Waals surface area contributed by atoms with Gasteiger partial charge >= 0.3 is 5.97 Å². The number of thiophene rings is 1. The molecular formula is C20H19ClN2O3S. The van der Waals surface area contributed by atoms with E-state index in [2.05, 4.69) is 11.4 Å². The molecule has 0 spiro atoms. The van der Waals surface area contributed by atoms with Crippen molar-refractivity contribution in [3.63, 3.8) is 0 Å². The molecule has 0 bridgehead atoms. The monoisotopic (exact) mass is 402 g/mol. The van der Waals surface area contributed by atoms with E-state index in [1.54, 1.807) is 23.6 Å². The standard InChI is InChI=1S/C20H18N2O3S.ClH/c1-10-13(16-6-12-8-21-9-17(12)26-16)4-5-22-18(10)14(11-2-3-11)7-15(19(22)23)20(24)25;/h4-7,11,21H,2-3,8-9H2,1H3,(H,24,25);1H. The van der Waals surface area contributed by atoms with Gasteiger partial charge in [-0.3, -0.25) is 9.20 Å². The first-order valence-corrected chi connectivity index (χ1v) is 9.61. The predicted molar refractivity (Wildman–Crippen MR) is 108 cm³/mol. The molecule has 4 heterocycles. The Kier molecular flexibility index (Phi) is 4.37. The molecule has 2 N–H and O–H groups in total. The molecule has 1 fully saturated rings. The van der Waals surface area contributed by atoms with Crippen LogP contribution in [0, 0.1) is 6.92 Å². The number of hydrogen-bond donors (Lipinski definition) is 2. The average molecular weight is 403 g/mol. The summed E-state index contributed by atoms with van der Waals surface area (Å²) in [6.45, 7) is 3.87. The van der Waals surface area contributed by atoms with Gasteiger partial charge in [0.1, 0.15) is 5.56 Å². The highest BCUT2D eigenvalue weighted by molar-refractivity contribution is 7.15. The first-order valence-electron chi connectivity index (χ1n) is 8.79. The van der Waals surface area contributed by atoms with Crippen LogP contribution >= 0.6 is 23.7 Å². The number of nitrogens with zero attached hydrogens (tertiary/aromatic N) is 1. The fraction of sp³-hybridized carbons (Fsp3) is 0.300. The lowest BCUT2D eigenvalue weighted by molar-refractivity contribution is 0.0694. The Morgan fingerprint density at radius 1 is 1.30 bits per heavy atom. The maximum Gasteiger partial charge on any atom is 0.341 e. The zero-order chi connectivity index (χ0) is 18.0. The molecule has 27 heavy (non-hydrogen) atoms. The molecular weight excluding hydrogens is 384 g/mol. The SMILES string of the molecule is Cc1c(-c2cc3c(s2)CNC3)ccn2c(=O)c(C(=O)O)cc(C3CC3)c12.Cl. The normalized spacial score (nSPS) is 15.6. The molecule has 1 saturated carbocycles. The fourth-order valence-electron chi connectivity index (χ4n) is 3.93.